The van der Waals surface area contributed by atoms with Gasteiger partial charge in [-0.05, 0) is 36.8 Å². The van der Waals surface area contributed by atoms with Crippen LogP contribution in [0.1, 0.15) is 28.6 Å². The molecule has 3 rings (SSSR count). The number of anilines is 1. The summed E-state index contributed by atoms with van der Waals surface area (Å²) in [5.41, 5.74) is 3.15. The second-order valence-corrected chi connectivity index (χ2v) is 5.55. The van der Waals surface area contributed by atoms with Crippen molar-refractivity contribution in [3.8, 4) is 0 Å². The lowest BCUT2D eigenvalue weighted by Crippen LogP contribution is -2.05. The number of carbonyl (C=O) groups excluding carboxylic acids is 2. The lowest BCUT2D eigenvalue weighted by molar-refractivity contribution is -0.114. The number of amides is 1. The number of aryl methyl sites for hydroxylation is 1. The highest BCUT2D eigenvalue weighted by Gasteiger charge is 2.14. The zero-order valence-corrected chi connectivity index (χ0v) is 13.5. The highest BCUT2D eigenvalue weighted by Crippen LogP contribution is 2.25. The number of hydrogen-bond donors (Lipinski definition) is 1. The van der Waals surface area contributed by atoms with Crippen LogP contribution in [0.5, 0.6) is 0 Å². The first kappa shape index (κ1) is 15.7. The Labute approximate surface area is 139 Å². The fraction of sp³-hybridized carbons (Fsp3) is 0.100. The first-order valence-electron chi connectivity index (χ1n) is 7.63. The van der Waals surface area contributed by atoms with Crippen molar-refractivity contribution < 1.29 is 14.0 Å². The Morgan fingerprint density at radius 2 is 1.75 bits per heavy atom. The fourth-order valence-electron chi connectivity index (χ4n) is 2.54. The highest BCUT2D eigenvalue weighted by molar-refractivity contribution is 6.08. The third-order valence-electron chi connectivity index (χ3n) is 3.73. The maximum atomic E-state index is 12.4. The molecule has 120 valence electrons. The van der Waals surface area contributed by atoms with Crippen molar-refractivity contribution in [2.45, 2.75) is 13.8 Å². The van der Waals surface area contributed by atoms with Crippen molar-refractivity contribution in [1.29, 1.82) is 0 Å². The van der Waals surface area contributed by atoms with Crippen molar-refractivity contribution in [3.63, 3.8) is 0 Å². The molecule has 1 heterocycles. The molecule has 1 N–H and O–H groups in total. The summed E-state index contributed by atoms with van der Waals surface area (Å²) in [7, 11) is 0. The lowest BCUT2D eigenvalue weighted by atomic mass is 10.1. The Kier molecular flexibility index (Phi) is 4.29. The molecule has 0 atom stereocenters. The molecule has 0 aliphatic heterocycles. The number of nitrogens with one attached hydrogen (secondary N) is 1. The van der Waals surface area contributed by atoms with E-state index in [1.807, 2.05) is 43.3 Å². The minimum Gasteiger partial charge on any atom is -0.452 e. The van der Waals surface area contributed by atoms with E-state index in [-0.39, 0.29) is 11.7 Å². The van der Waals surface area contributed by atoms with Crippen LogP contribution in [-0.4, -0.2) is 11.7 Å². The van der Waals surface area contributed by atoms with Gasteiger partial charge in [0.15, 0.2) is 5.76 Å². The van der Waals surface area contributed by atoms with Gasteiger partial charge in [-0.2, -0.15) is 0 Å². The quantitative estimate of drug-likeness (QED) is 0.565. The third kappa shape index (κ3) is 3.27. The average molecular weight is 319 g/mol. The average Bonchev–Trinajstić information content (AvgIpc) is 2.91. The van der Waals surface area contributed by atoms with Crippen molar-refractivity contribution in [1.82, 2.24) is 0 Å². The summed E-state index contributed by atoms with van der Waals surface area (Å²) < 4.78 is 5.66. The second kappa shape index (κ2) is 6.54. The first-order valence-corrected chi connectivity index (χ1v) is 7.63. The van der Waals surface area contributed by atoms with E-state index < -0.39 is 0 Å². The van der Waals surface area contributed by atoms with Gasteiger partial charge in [-0.1, -0.05) is 36.4 Å². The molecule has 0 aliphatic carbocycles. The number of allylic oxidation sites excluding steroid dienone is 1. The minimum atomic E-state index is -0.172. The summed E-state index contributed by atoms with van der Waals surface area (Å²) >= 11 is 0. The van der Waals surface area contributed by atoms with Crippen LogP contribution in [0.15, 0.2) is 59.0 Å². The summed E-state index contributed by atoms with van der Waals surface area (Å²) in [4.78, 5) is 23.4. The van der Waals surface area contributed by atoms with Crippen LogP contribution in [0, 0.1) is 6.92 Å². The fourth-order valence-corrected chi connectivity index (χ4v) is 2.54. The Balaban J connectivity index is 1.79. The Hall–Kier alpha value is -3.14. The molecular weight excluding hydrogens is 302 g/mol. The normalized spacial score (nSPS) is 11.1. The van der Waals surface area contributed by atoms with Gasteiger partial charge in [-0.25, -0.2) is 0 Å². The molecule has 0 fully saturated rings. The number of rotatable bonds is 4. The van der Waals surface area contributed by atoms with Crippen LogP contribution in [0.2, 0.25) is 0 Å². The van der Waals surface area contributed by atoms with Gasteiger partial charge < -0.3 is 9.73 Å². The van der Waals surface area contributed by atoms with Crippen LogP contribution in [-0.2, 0) is 4.79 Å². The molecule has 0 saturated heterocycles. The smallest absolute Gasteiger partial charge is 0.221 e. The van der Waals surface area contributed by atoms with Gasteiger partial charge in [-0.3, -0.25) is 9.59 Å². The summed E-state index contributed by atoms with van der Waals surface area (Å²) in [5.74, 6) is 0.0748. The topological polar surface area (TPSA) is 59.3 Å². The summed E-state index contributed by atoms with van der Waals surface area (Å²) in [5, 5.41) is 3.65. The van der Waals surface area contributed by atoms with Crippen LogP contribution >= 0.6 is 0 Å². The van der Waals surface area contributed by atoms with E-state index >= 15 is 0 Å². The maximum absolute atomic E-state index is 12.4. The van der Waals surface area contributed by atoms with Gasteiger partial charge in [0.05, 0.1) is 0 Å². The molecule has 4 nitrogen and oxygen atoms in total. The zero-order chi connectivity index (χ0) is 17.1. The molecule has 4 heteroatoms. The molecule has 0 unspecified atom stereocenters. The van der Waals surface area contributed by atoms with E-state index in [0.717, 1.165) is 22.2 Å². The number of furan rings is 1. The summed E-state index contributed by atoms with van der Waals surface area (Å²) in [6, 6.07) is 14.8. The molecule has 1 aromatic heterocycles. The number of benzene rings is 2. The van der Waals surface area contributed by atoms with Crippen molar-refractivity contribution >= 4 is 34.4 Å². The number of carbonyl (C=O) groups is 2. The molecule has 0 aliphatic rings. The Bertz CT molecular complexity index is 933. The van der Waals surface area contributed by atoms with Gasteiger partial charge in [0.2, 0.25) is 11.7 Å². The predicted octanol–water partition coefficient (Wildman–Crippen LogP) is 4.60. The number of fused-ring (bicyclic) bond motifs is 1. The van der Waals surface area contributed by atoms with E-state index in [9.17, 15) is 9.59 Å². The predicted molar refractivity (Wildman–Crippen MR) is 95.1 cm³/mol. The van der Waals surface area contributed by atoms with Crippen LogP contribution in [0.3, 0.4) is 0 Å². The summed E-state index contributed by atoms with van der Waals surface area (Å²) in [6.07, 6.45) is 3.23. The molecule has 2 aromatic carbocycles. The monoisotopic (exact) mass is 319 g/mol. The van der Waals surface area contributed by atoms with Crippen molar-refractivity contribution in [2.24, 2.45) is 0 Å². The van der Waals surface area contributed by atoms with Crippen molar-refractivity contribution in [3.05, 3.63) is 71.5 Å². The summed E-state index contributed by atoms with van der Waals surface area (Å²) in [6.45, 7) is 3.34. The standard InChI is InChI=1S/C20H17NO3/c1-13-17-5-3-4-6-19(17)24-20(13)18(23)12-9-15-7-10-16(11-8-15)21-14(2)22/h3-12H,1-2H3,(H,21,22)/b12-9+. The molecule has 0 radical (unpaired) electrons. The third-order valence-corrected chi connectivity index (χ3v) is 3.73. The van der Waals surface area contributed by atoms with Crippen LogP contribution < -0.4 is 5.32 Å². The van der Waals surface area contributed by atoms with Crippen molar-refractivity contribution in [2.75, 3.05) is 5.32 Å². The largest absolute Gasteiger partial charge is 0.452 e. The van der Waals surface area contributed by atoms with E-state index in [1.165, 1.54) is 13.0 Å². The molecule has 0 bridgehead atoms. The van der Waals surface area contributed by atoms with Crippen LogP contribution in [0.4, 0.5) is 5.69 Å². The Morgan fingerprint density at radius 3 is 2.42 bits per heavy atom. The first-order chi connectivity index (χ1) is 11.5. The highest BCUT2D eigenvalue weighted by atomic mass is 16.3. The lowest BCUT2D eigenvalue weighted by Gasteiger charge is -2.01. The SMILES string of the molecule is CC(=O)Nc1ccc(/C=C/C(=O)c2oc3ccccc3c2C)cc1. The molecule has 0 saturated carbocycles. The second-order valence-electron chi connectivity index (χ2n) is 5.55. The molecule has 1 amide bonds. The van der Waals surface area contributed by atoms with Crippen LogP contribution in [0.25, 0.3) is 17.0 Å². The Morgan fingerprint density at radius 1 is 1.04 bits per heavy atom. The zero-order valence-electron chi connectivity index (χ0n) is 13.5. The number of ketones is 1. The van der Waals surface area contributed by atoms with Gasteiger partial charge in [0.25, 0.3) is 0 Å². The molecule has 24 heavy (non-hydrogen) atoms. The maximum Gasteiger partial charge on any atom is 0.221 e. The number of para-hydroxylation sites is 1. The minimum absolute atomic E-state index is 0.117. The van der Waals surface area contributed by atoms with Gasteiger partial charge in [-0.15, -0.1) is 0 Å². The molecule has 3 aromatic rings. The molecular formula is C20H17NO3. The van der Waals surface area contributed by atoms with Gasteiger partial charge >= 0.3 is 0 Å². The van der Waals surface area contributed by atoms with E-state index in [2.05, 4.69) is 5.32 Å². The van der Waals surface area contributed by atoms with E-state index in [0.29, 0.717) is 11.3 Å². The van der Waals surface area contributed by atoms with E-state index in [1.54, 1.807) is 18.2 Å². The number of hydrogen-bond acceptors (Lipinski definition) is 3. The van der Waals surface area contributed by atoms with E-state index in [4.69, 9.17) is 4.42 Å². The van der Waals surface area contributed by atoms with Gasteiger partial charge in [0.1, 0.15) is 5.58 Å². The molecule has 0 spiro atoms. The van der Waals surface area contributed by atoms with Gasteiger partial charge in [0, 0.05) is 23.6 Å².